The van der Waals surface area contributed by atoms with E-state index < -0.39 is 35.6 Å². The van der Waals surface area contributed by atoms with Crippen LogP contribution in [0.1, 0.15) is 29.3 Å². The number of carbonyl (C=O) groups is 3. The zero-order chi connectivity index (χ0) is 19.6. The van der Waals surface area contributed by atoms with Crippen LogP contribution in [0.4, 0.5) is 9.18 Å². The highest BCUT2D eigenvalue weighted by Crippen LogP contribution is 2.32. The molecule has 7 heteroatoms. The lowest BCUT2D eigenvalue weighted by Crippen LogP contribution is -2.43. The molecule has 0 unspecified atom stereocenters. The van der Waals surface area contributed by atoms with Crippen LogP contribution in [-0.2, 0) is 10.3 Å². The summed E-state index contributed by atoms with van der Waals surface area (Å²) in [7, 11) is 1.32. The molecular formula is C20H19FN2O4. The van der Waals surface area contributed by atoms with Crippen molar-refractivity contribution in [1.29, 1.82) is 0 Å². The van der Waals surface area contributed by atoms with Gasteiger partial charge in [0.1, 0.15) is 5.54 Å². The second kappa shape index (κ2) is 7.19. The van der Waals surface area contributed by atoms with Gasteiger partial charge in [0.25, 0.3) is 5.91 Å². The fourth-order valence-electron chi connectivity index (χ4n) is 3.21. The topological polar surface area (TPSA) is 75.7 Å². The first-order valence-corrected chi connectivity index (χ1v) is 8.49. The molecule has 3 amide bonds. The highest BCUT2D eigenvalue weighted by molar-refractivity contribution is 6.11. The number of rotatable bonds is 6. The molecule has 1 saturated heterocycles. The van der Waals surface area contributed by atoms with Crippen LogP contribution >= 0.6 is 0 Å². The highest BCUT2D eigenvalue weighted by atomic mass is 19.1. The number of nitrogens with one attached hydrogen (secondary N) is 1. The molecule has 2 aromatic carbocycles. The van der Waals surface area contributed by atoms with Crippen LogP contribution in [-0.4, -0.2) is 36.3 Å². The fraction of sp³-hybridized carbons (Fsp3) is 0.250. The van der Waals surface area contributed by atoms with Crippen molar-refractivity contribution in [1.82, 2.24) is 10.2 Å². The summed E-state index contributed by atoms with van der Waals surface area (Å²) in [5.74, 6) is -1.72. The maximum Gasteiger partial charge on any atom is 0.325 e. The molecule has 6 nitrogen and oxygen atoms in total. The zero-order valence-electron chi connectivity index (χ0n) is 15.0. The predicted octanol–water partition coefficient (Wildman–Crippen LogP) is 2.87. The Bertz CT molecular complexity index is 900. The van der Waals surface area contributed by atoms with Crippen LogP contribution in [0.3, 0.4) is 0 Å². The molecule has 1 fully saturated rings. The van der Waals surface area contributed by atoms with Crippen molar-refractivity contribution in [3.8, 4) is 5.75 Å². The molecule has 1 heterocycles. The molecule has 3 rings (SSSR count). The Kier molecular flexibility index (Phi) is 4.94. The van der Waals surface area contributed by atoms with Crippen LogP contribution in [0.2, 0.25) is 0 Å². The lowest BCUT2D eigenvalue weighted by molar-refractivity contribution is -0.131. The van der Waals surface area contributed by atoms with Crippen LogP contribution in [0.15, 0.2) is 48.5 Å². The van der Waals surface area contributed by atoms with Gasteiger partial charge >= 0.3 is 6.03 Å². The minimum Gasteiger partial charge on any atom is -0.494 e. The number of nitrogens with zero attached hydrogens (tertiary/aromatic N) is 1. The molecule has 27 heavy (non-hydrogen) atoms. The monoisotopic (exact) mass is 370 g/mol. The largest absolute Gasteiger partial charge is 0.494 e. The third-order valence-corrected chi connectivity index (χ3v) is 4.75. The van der Waals surface area contributed by atoms with E-state index in [4.69, 9.17) is 4.74 Å². The summed E-state index contributed by atoms with van der Waals surface area (Å²) in [5.41, 5.74) is -0.497. The molecule has 0 aliphatic carbocycles. The number of benzene rings is 2. The number of urea groups is 1. The number of ketones is 1. The molecule has 1 N–H and O–H groups in total. The van der Waals surface area contributed by atoms with E-state index in [1.54, 1.807) is 31.2 Å². The summed E-state index contributed by atoms with van der Waals surface area (Å²) in [4.78, 5) is 38.8. The van der Waals surface area contributed by atoms with Gasteiger partial charge in [0.2, 0.25) is 0 Å². The Morgan fingerprint density at radius 1 is 1.19 bits per heavy atom. The Labute approximate surface area is 155 Å². The Hall–Kier alpha value is -3.22. The second-order valence-electron chi connectivity index (χ2n) is 6.22. The second-order valence-corrected chi connectivity index (χ2v) is 6.22. The van der Waals surface area contributed by atoms with Crippen molar-refractivity contribution in [2.24, 2.45) is 0 Å². The third kappa shape index (κ3) is 3.16. The van der Waals surface area contributed by atoms with Gasteiger partial charge in [-0.2, -0.15) is 0 Å². The first-order chi connectivity index (χ1) is 12.9. The fourth-order valence-corrected chi connectivity index (χ4v) is 3.21. The van der Waals surface area contributed by atoms with E-state index in [1.807, 2.05) is 6.07 Å². The van der Waals surface area contributed by atoms with Crippen molar-refractivity contribution in [2.75, 3.05) is 13.7 Å². The number of Topliss-reactive ketones (excluding diaryl/α,β-unsaturated/α-hetero) is 1. The molecule has 140 valence electrons. The van der Waals surface area contributed by atoms with E-state index in [1.165, 1.54) is 19.2 Å². The lowest BCUT2D eigenvalue weighted by atomic mass is 9.87. The molecule has 0 spiro atoms. The summed E-state index contributed by atoms with van der Waals surface area (Å²) in [6.07, 6.45) is 0.337. The number of hydrogen-bond acceptors (Lipinski definition) is 4. The number of amides is 3. The van der Waals surface area contributed by atoms with Crippen LogP contribution < -0.4 is 10.1 Å². The molecule has 1 aliphatic rings. The maximum atomic E-state index is 13.8. The minimum atomic E-state index is -1.20. The van der Waals surface area contributed by atoms with Gasteiger partial charge in [0.15, 0.2) is 17.3 Å². The van der Waals surface area contributed by atoms with Gasteiger partial charge in [0.05, 0.1) is 13.7 Å². The molecule has 0 radical (unpaired) electrons. The molecule has 1 atom stereocenters. The van der Waals surface area contributed by atoms with Gasteiger partial charge in [-0.15, -0.1) is 0 Å². The van der Waals surface area contributed by atoms with E-state index in [2.05, 4.69) is 5.32 Å². The smallest absolute Gasteiger partial charge is 0.325 e. The average Bonchev–Trinajstić information content (AvgIpc) is 2.93. The molecule has 2 aromatic rings. The highest BCUT2D eigenvalue weighted by Gasteiger charge is 2.51. The maximum absolute atomic E-state index is 13.8. The predicted molar refractivity (Wildman–Crippen MR) is 95.9 cm³/mol. The van der Waals surface area contributed by atoms with E-state index >= 15 is 0 Å². The standard InChI is InChI=1S/C20H19FN2O4/c1-3-20(14-7-5-4-6-8-14)18(25)23(19(26)22-20)12-16(24)13-9-10-17(27-2)15(21)11-13/h4-11H,3,12H2,1-2H3,(H,22,26)/t20-/m0/s1. The molecular weight excluding hydrogens is 351 g/mol. The van der Waals surface area contributed by atoms with E-state index in [-0.39, 0.29) is 11.3 Å². The summed E-state index contributed by atoms with van der Waals surface area (Å²) >= 11 is 0. The zero-order valence-corrected chi connectivity index (χ0v) is 15.0. The number of ether oxygens (including phenoxy) is 1. The summed E-state index contributed by atoms with van der Waals surface area (Å²) in [6, 6.07) is 12.0. The Balaban J connectivity index is 1.85. The van der Waals surface area contributed by atoms with Gasteiger partial charge in [-0.05, 0) is 30.2 Å². The number of imide groups is 1. The van der Waals surface area contributed by atoms with E-state index in [9.17, 15) is 18.8 Å². The van der Waals surface area contributed by atoms with Crippen molar-refractivity contribution >= 4 is 17.7 Å². The first kappa shape index (κ1) is 18.6. The first-order valence-electron chi connectivity index (χ1n) is 8.49. The normalized spacial score (nSPS) is 19.1. The average molecular weight is 370 g/mol. The Morgan fingerprint density at radius 2 is 1.89 bits per heavy atom. The SMILES string of the molecule is CC[C@@]1(c2ccccc2)NC(=O)N(CC(=O)c2ccc(OC)c(F)c2)C1=O. The van der Waals surface area contributed by atoms with Crippen LogP contribution in [0.25, 0.3) is 0 Å². The van der Waals surface area contributed by atoms with Gasteiger partial charge in [0, 0.05) is 5.56 Å². The van der Waals surface area contributed by atoms with Crippen molar-refractivity contribution < 1.29 is 23.5 Å². The van der Waals surface area contributed by atoms with Gasteiger partial charge < -0.3 is 10.1 Å². The van der Waals surface area contributed by atoms with Crippen LogP contribution in [0, 0.1) is 5.82 Å². The number of hydrogen-bond donors (Lipinski definition) is 1. The molecule has 0 bridgehead atoms. The van der Waals surface area contributed by atoms with Gasteiger partial charge in [-0.1, -0.05) is 37.3 Å². The summed E-state index contributed by atoms with van der Waals surface area (Å²) in [6.45, 7) is 1.32. The number of halogens is 1. The van der Waals surface area contributed by atoms with Crippen molar-refractivity contribution in [3.05, 3.63) is 65.5 Å². The molecule has 0 aromatic heterocycles. The minimum absolute atomic E-state index is 0.00983. The van der Waals surface area contributed by atoms with E-state index in [0.29, 0.717) is 12.0 Å². The van der Waals surface area contributed by atoms with Crippen molar-refractivity contribution in [3.63, 3.8) is 0 Å². The summed E-state index contributed by atoms with van der Waals surface area (Å²) in [5, 5.41) is 2.71. The number of methoxy groups -OCH3 is 1. The Morgan fingerprint density at radius 3 is 2.48 bits per heavy atom. The van der Waals surface area contributed by atoms with Crippen molar-refractivity contribution in [2.45, 2.75) is 18.9 Å². The lowest BCUT2D eigenvalue weighted by Gasteiger charge is -2.25. The number of carbonyl (C=O) groups excluding carboxylic acids is 3. The van der Waals surface area contributed by atoms with Gasteiger partial charge in [-0.25, -0.2) is 9.18 Å². The third-order valence-electron chi connectivity index (χ3n) is 4.75. The summed E-state index contributed by atoms with van der Waals surface area (Å²) < 4.78 is 18.7. The molecule has 1 aliphatic heterocycles. The van der Waals surface area contributed by atoms with Gasteiger partial charge in [-0.3, -0.25) is 14.5 Å². The van der Waals surface area contributed by atoms with E-state index in [0.717, 1.165) is 11.0 Å². The quantitative estimate of drug-likeness (QED) is 0.627. The molecule has 0 saturated carbocycles. The van der Waals surface area contributed by atoms with Crippen LogP contribution in [0.5, 0.6) is 5.75 Å².